The molecule has 1 atom stereocenters. The van der Waals surface area contributed by atoms with Gasteiger partial charge >= 0.3 is 0 Å². The van der Waals surface area contributed by atoms with Gasteiger partial charge in [-0.25, -0.2) is 0 Å². The second kappa shape index (κ2) is 10.4. The molecule has 0 N–H and O–H groups in total. The van der Waals surface area contributed by atoms with Crippen LogP contribution in [0.1, 0.15) is 42.2 Å². The van der Waals surface area contributed by atoms with Crippen molar-refractivity contribution in [2.24, 2.45) is 0 Å². The van der Waals surface area contributed by atoms with Gasteiger partial charge in [-0.2, -0.15) is 0 Å². The fraction of sp³-hybridized carbons (Fsp3) is 0.480. The lowest BCUT2D eigenvalue weighted by molar-refractivity contribution is -0.128. The molecule has 2 aliphatic rings. The normalized spacial score (nSPS) is 18.8. The second-order valence-corrected chi connectivity index (χ2v) is 9.19. The van der Waals surface area contributed by atoms with Crippen molar-refractivity contribution in [1.29, 1.82) is 0 Å². The molecule has 2 aromatic rings. The van der Waals surface area contributed by atoms with Gasteiger partial charge < -0.3 is 23.8 Å². The number of carbonyl (C=O) groups is 1. The molecule has 6 nitrogen and oxygen atoms in total. The minimum absolute atomic E-state index is 0.0283. The lowest BCUT2D eigenvalue weighted by Crippen LogP contribution is -2.30. The van der Waals surface area contributed by atoms with E-state index in [9.17, 15) is 4.79 Å². The maximum atomic E-state index is 12.7. The first-order chi connectivity index (χ1) is 15.6. The molecule has 1 unspecified atom stereocenters. The largest absolute Gasteiger partial charge is 0.493 e. The first-order valence-corrected chi connectivity index (χ1v) is 12.1. The summed E-state index contributed by atoms with van der Waals surface area (Å²) in [6.45, 7) is 0.636. The van der Waals surface area contributed by atoms with Crippen LogP contribution < -0.4 is 18.9 Å². The van der Waals surface area contributed by atoms with E-state index in [2.05, 4.69) is 6.07 Å². The average Bonchev–Trinajstić information content (AvgIpc) is 3.47. The predicted octanol–water partition coefficient (Wildman–Crippen LogP) is 4.85. The third kappa shape index (κ3) is 4.93. The van der Waals surface area contributed by atoms with Crippen molar-refractivity contribution in [3.8, 4) is 23.0 Å². The molecular weight excluding hydrogens is 426 g/mol. The smallest absolute Gasteiger partial charge is 0.233 e. The number of hydrogen-bond donors (Lipinski definition) is 0. The van der Waals surface area contributed by atoms with Gasteiger partial charge in [-0.1, -0.05) is 12.1 Å². The van der Waals surface area contributed by atoms with Gasteiger partial charge in [-0.15, -0.1) is 11.8 Å². The number of methoxy groups -OCH3 is 3. The van der Waals surface area contributed by atoms with Crippen LogP contribution in [0.15, 0.2) is 36.4 Å². The molecule has 0 bridgehead atoms. The highest BCUT2D eigenvalue weighted by molar-refractivity contribution is 8.00. The van der Waals surface area contributed by atoms with E-state index in [0.29, 0.717) is 23.8 Å². The summed E-state index contributed by atoms with van der Waals surface area (Å²) in [5.41, 5.74) is 2.17. The van der Waals surface area contributed by atoms with Gasteiger partial charge in [-0.3, -0.25) is 4.79 Å². The van der Waals surface area contributed by atoms with Crippen molar-refractivity contribution in [3.63, 3.8) is 0 Å². The van der Waals surface area contributed by atoms with Crippen molar-refractivity contribution < 1.29 is 23.7 Å². The molecule has 1 saturated carbocycles. The van der Waals surface area contributed by atoms with Gasteiger partial charge in [0.2, 0.25) is 5.91 Å². The molecule has 1 heterocycles. The van der Waals surface area contributed by atoms with Crippen LogP contribution in [0.2, 0.25) is 0 Å². The first kappa shape index (κ1) is 22.6. The number of thioether (sulfide) groups is 1. The van der Waals surface area contributed by atoms with Crippen LogP contribution in [0.5, 0.6) is 23.0 Å². The highest BCUT2D eigenvalue weighted by Gasteiger charge is 2.33. The van der Waals surface area contributed by atoms with Gasteiger partial charge in [0.05, 0.1) is 33.2 Å². The minimum atomic E-state index is -0.0283. The maximum absolute atomic E-state index is 12.7. The Bertz CT molecular complexity index is 944. The van der Waals surface area contributed by atoms with Crippen molar-refractivity contribution in [2.75, 3.05) is 33.6 Å². The predicted molar refractivity (Wildman–Crippen MR) is 126 cm³/mol. The number of benzene rings is 2. The number of rotatable bonds is 9. The van der Waals surface area contributed by atoms with E-state index in [4.69, 9.17) is 18.9 Å². The summed E-state index contributed by atoms with van der Waals surface area (Å²) in [7, 11) is 4.93. The monoisotopic (exact) mass is 457 g/mol. The molecule has 32 heavy (non-hydrogen) atoms. The summed E-state index contributed by atoms with van der Waals surface area (Å²) in [6.07, 6.45) is 5.58. The van der Waals surface area contributed by atoms with E-state index >= 15 is 0 Å². The Morgan fingerprint density at radius 3 is 2.31 bits per heavy atom. The van der Waals surface area contributed by atoms with Gasteiger partial charge in [0.25, 0.3) is 0 Å². The van der Waals surface area contributed by atoms with E-state index in [1.54, 1.807) is 33.1 Å². The molecular formula is C25H31NO5S. The molecule has 0 spiro atoms. The molecule has 1 aliphatic carbocycles. The molecule has 7 heteroatoms. The van der Waals surface area contributed by atoms with E-state index in [-0.39, 0.29) is 17.4 Å². The highest BCUT2D eigenvalue weighted by atomic mass is 32.2. The van der Waals surface area contributed by atoms with Crippen LogP contribution in [0.3, 0.4) is 0 Å². The zero-order valence-corrected chi connectivity index (χ0v) is 19.8. The number of ether oxygens (including phenoxy) is 4. The number of hydrogen-bond acceptors (Lipinski definition) is 6. The summed E-state index contributed by atoms with van der Waals surface area (Å²) in [5, 5.41) is -0.0283. The second-order valence-electron chi connectivity index (χ2n) is 8.12. The van der Waals surface area contributed by atoms with Crippen LogP contribution in [0, 0.1) is 0 Å². The van der Waals surface area contributed by atoms with Crippen molar-refractivity contribution in [3.05, 3.63) is 47.5 Å². The summed E-state index contributed by atoms with van der Waals surface area (Å²) in [6, 6.07) is 11.9. The van der Waals surface area contributed by atoms with E-state index in [1.165, 1.54) is 12.8 Å². The fourth-order valence-electron chi connectivity index (χ4n) is 4.38. The van der Waals surface area contributed by atoms with Crippen molar-refractivity contribution >= 4 is 17.7 Å². The number of carbonyl (C=O) groups excluding carboxylic acids is 1. The summed E-state index contributed by atoms with van der Waals surface area (Å²) in [4.78, 5) is 14.7. The maximum Gasteiger partial charge on any atom is 0.233 e. The molecule has 0 radical (unpaired) electrons. The van der Waals surface area contributed by atoms with Crippen LogP contribution in [-0.4, -0.2) is 50.5 Å². The molecule has 1 saturated heterocycles. The minimum Gasteiger partial charge on any atom is -0.493 e. The third-order valence-electron chi connectivity index (χ3n) is 6.13. The van der Waals surface area contributed by atoms with Gasteiger partial charge in [0, 0.05) is 6.54 Å². The fourth-order valence-corrected chi connectivity index (χ4v) is 5.59. The molecule has 2 fully saturated rings. The molecule has 1 amide bonds. The third-order valence-corrected chi connectivity index (χ3v) is 7.38. The summed E-state index contributed by atoms with van der Waals surface area (Å²) in [5.74, 6) is 3.57. The van der Waals surface area contributed by atoms with Gasteiger partial charge in [0.15, 0.2) is 23.0 Å². The lowest BCUT2D eigenvalue weighted by atomic mass is 10.1. The van der Waals surface area contributed by atoms with E-state index < -0.39 is 0 Å². The Morgan fingerprint density at radius 1 is 0.906 bits per heavy atom. The topological polar surface area (TPSA) is 57.2 Å². The van der Waals surface area contributed by atoms with Crippen LogP contribution in [-0.2, 0) is 11.2 Å². The van der Waals surface area contributed by atoms with Crippen LogP contribution in [0.4, 0.5) is 0 Å². The zero-order valence-electron chi connectivity index (χ0n) is 19.0. The molecule has 2 aromatic carbocycles. The summed E-state index contributed by atoms with van der Waals surface area (Å²) < 4.78 is 22.5. The Kier molecular flexibility index (Phi) is 7.35. The average molecular weight is 458 g/mol. The van der Waals surface area contributed by atoms with Crippen molar-refractivity contribution in [1.82, 2.24) is 4.90 Å². The Labute approximate surface area is 194 Å². The molecule has 172 valence electrons. The SMILES string of the molecule is COc1ccc(CCN2C(=O)CSC2c2ccc(OC)c(OC3CCCC3)c2)cc1OC. The van der Waals surface area contributed by atoms with Gasteiger partial charge in [-0.05, 0) is 67.5 Å². The molecule has 1 aliphatic heterocycles. The number of nitrogens with zero attached hydrogens (tertiary/aromatic N) is 1. The Morgan fingerprint density at radius 2 is 1.59 bits per heavy atom. The lowest BCUT2D eigenvalue weighted by Gasteiger charge is -2.25. The first-order valence-electron chi connectivity index (χ1n) is 11.1. The highest BCUT2D eigenvalue weighted by Crippen LogP contribution is 2.42. The van der Waals surface area contributed by atoms with Crippen molar-refractivity contribution in [2.45, 2.75) is 43.6 Å². The zero-order chi connectivity index (χ0) is 22.5. The van der Waals surface area contributed by atoms with Crippen LogP contribution >= 0.6 is 11.8 Å². The number of amides is 1. The quantitative estimate of drug-likeness (QED) is 0.537. The Hall–Kier alpha value is -2.54. The summed E-state index contributed by atoms with van der Waals surface area (Å²) >= 11 is 1.66. The standard InChI is InChI=1S/C25H31NO5S/c1-28-20-10-8-17(14-22(20)30-3)12-13-26-24(27)16-32-25(26)18-9-11-21(29-2)23(15-18)31-19-6-4-5-7-19/h8-11,14-15,19,25H,4-7,12-13,16H2,1-3H3. The van der Waals surface area contributed by atoms with Crippen LogP contribution in [0.25, 0.3) is 0 Å². The molecule has 0 aromatic heterocycles. The van der Waals surface area contributed by atoms with E-state index in [1.807, 2.05) is 35.2 Å². The Balaban J connectivity index is 1.50. The molecule has 4 rings (SSSR count). The van der Waals surface area contributed by atoms with E-state index in [0.717, 1.165) is 41.9 Å². The van der Waals surface area contributed by atoms with Gasteiger partial charge in [0.1, 0.15) is 5.37 Å².